The molecule has 0 radical (unpaired) electrons. The molecule has 1 unspecified atom stereocenters. The Hall–Kier alpha value is -1.77. The Morgan fingerprint density at radius 2 is 2.08 bits per heavy atom. The molecule has 7 nitrogen and oxygen atoms in total. The molecular weight excluding hydrogens is 412 g/mol. The first-order valence-corrected chi connectivity index (χ1v) is 8.13. The van der Waals surface area contributed by atoms with Crippen LogP contribution in [0, 0.1) is 0 Å². The molecule has 1 atom stereocenters. The van der Waals surface area contributed by atoms with E-state index in [1.807, 2.05) is 25.4 Å². The number of nitrogens with one attached hydrogen (secondary N) is 2. The van der Waals surface area contributed by atoms with Gasteiger partial charge in [0.05, 0.1) is 24.9 Å². The monoisotopic (exact) mass is 432 g/mol. The minimum absolute atomic E-state index is 0. The maximum absolute atomic E-state index is 12.4. The zero-order valence-corrected chi connectivity index (χ0v) is 16.9. The molecule has 9 heteroatoms. The van der Waals surface area contributed by atoms with Crippen molar-refractivity contribution in [3.8, 4) is 11.5 Å². The molecule has 0 aliphatic carbocycles. The van der Waals surface area contributed by atoms with Gasteiger partial charge in [-0.2, -0.15) is 5.10 Å². The molecule has 25 heavy (non-hydrogen) atoms. The third-order valence-corrected chi connectivity index (χ3v) is 4.16. The Kier molecular flexibility index (Phi) is 8.21. The molecule has 0 bridgehead atoms. The molecule has 0 aliphatic rings. The van der Waals surface area contributed by atoms with Crippen LogP contribution in [-0.2, 0) is 18.4 Å². The van der Waals surface area contributed by atoms with Crippen LogP contribution in [0.2, 0.25) is 0 Å². The highest BCUT2D eigenvalue weighted by Gasteiger charge is 2.20. The van der Waals surface area contributed by atoms with Gasteiger partial charge in [-0.05, 0) is 40.7 Å². The van der Waals surface area contributed by atoms with Crippen molar-refractivity contribution in [2.24, 2.45) is 7.05 Å². The lowest BCUT2D eigenvalue weighted by Gasteiger charge is -2.16. The third kappa shape index (κ3) is 5.10. The van der Waals surface area contributed by atoms with Gasteiger partial charge in [0.25, 0.3) is 0 Å². The van der Waals surface area contributed by atoms with E-state index in [4.69, 9.17) is 9.47 Å². The highest BCUT2D eigenvalue weighted by molar-refractivity contribution is 9.10. The fourth-order valence-corrected chi connectivity index (χ4v) is 3.05. The Balaban J connectivity index is 0.00000312. The number of ether oxygens (including phenoxy) is 2. The van der Waals surface area contributed by atoms with Gasteiger partial charge in [-0.3, -0.25) is 9.48 Å². The number of aromatic nitrogens is 2. The van der Waals surface area contributed by atoms with Crippen LogP contribution < -0.4 is 20.1 Å². The Morgan fingerprint density at radius 1 is 1.36 bits per heavy atom. The van der Waals surface area contributed by atoms with Crippen LogP contribution in [0.5, 0.6) is 11.5 Å². The summed E-state index contributed by atoms with van der Waals surface area (Å²) >= 11 is 3.45. The summed E-state index contributed by atoms with van der Waals surface area (Å²) < 4.78 is 13.0. The lowest BCUT2D eigenvalue weighted by molar-refractivity contribution is -0.123. The third-order valence-electron chi connectivity index (χ3n) is 3.57. The fourth-order valence-electron chi connectivity index (χ4n) is 2.40. The number of nitrogens with zero attached hydrogens (tertiary/aromatic N) is 2. The van der Waals surface area contributed by atoms with E-state index < -0.39 is 6.04 Å². The van der Waals surface area contributed by atoms with E-state index in [0.717, 1.165) is 15.6 Å². The van der Waals surface area contributed by atoms with Gasteiger partial charge in [-0.25, -0.2) is 0 Å². The standard InChI is InChI=1S/C16H21BrN4O3.ClH/c1-18-14(11-8-20-21(2)9-11)16(22)19-7-10-5-12(17)15(24-4)13(6-10)23-3;/h5-6,8-9,14,18H,7H2,1-4H3,(H,19,22);1H. The molecule has 0 saturated carbocycles. The summed E-state index contributed by atoms with van der Waals surface area (Å²) in [5, 5.41) is 10.0. The summed E-state index contributed by atoms with van der Waals surface area (Å²) in [5.41, 5.74) is 1.71. The van der Waals surface area contributed by atoms with Crippen molar-refractivity contribution in [1.29, 1.82) is 0 Å². The van der Waals surface area contributed by atoms with Crippen molar-refractivity contribution >= 4 is 34.2 Å². The number of amides is 1. The molecule has 0 spiro atoms. The van der Waals surface area contributed by atoms with E-state index in [0.29, 0.717) is 18.0 Å². The molecule has 1 amide bonds. The second kappa shape index (κ2) is 9.65. The van der Waals surface area contributed by atoms with E-state index in [9.17, 15) is 4.79 Å². The van der Waals surface area contributed by atoms with Gasteiger partial charge in [-0.15, -0.1) is 12.4 Å². The first kappa shape index (κ1) is 21.3. The number of rotatable bonds is 7. The maximum Gasteiger partial charge on any atom is 0.242 e. The molecule has 2 rings (SSSR count). The van der Waals surface area contributed by atoms with Crippen molar-refractivity contribution in [2.45, 2.75) is 12.6 Å². The predicted octanol–water partition coefficient (Wildman–Crippen LogP) is 2.20. The van der Waals surface area contributed by atoms with E-state index in [-0.39, 0.29) is 18.3 Å². The molecule has 1 aromatic carbocycles. The van der Waals surface area contributed by atoms with Crippen LogP contribution in [0.25, 0.3) is 0 Å². The van der Waals surface area contributed by atoms with Gasteiger partial charge >= 0.3 is 0 Å². The highest BCUT2D eigenvalue weighted by Crippen LogP contribution is 2.36. The lowest BCUT2D eigenvalue weighted by atomic mass is 10.1. The quantitative estimate of drug-likeness (QED) is 0.700. The average molecular weight is 434 g/mol. The molecule has 2 N–H and O–H groups in total. The number of methoxy groups -OCH3 is 2. The van der Waals surface area contributed by atoms with Crippen molar-refractivity contribution in [2.75, 3.05) is 21.3 Å². The lowest BCUT2D eigenvalue weighted by Crippen LogP contribution is -2.35. The van der Waals surface area contributed by atoms with Gasteiger partial charge in [0.15, 0.2) is 11.5 Å². The number of likely N-dealkylation sites (N-methyl/N-ethyl adjacent to an activating group) is 1. The smallest absolute Gasteiger partial charge is 0.242 e. The summed E-state index contributed by atoms with van der Waals surface area (Å²) in [6, 6.07) is 3.27. The molecule has 138 valence electrons. The van der Waals surface area contributed by atoms with Crippen molar-refractivity contribution in [3.05, 3.63) is 40.1 Å². The topological polar surface area (TPSA) is 77.4 Å². The zero-order valence-electron chi connectivity index (χ0n) is 14.5. The molecular formula is C16H22BrClN4O3. The van der Waals surface area contributed by atoms with E-state index in [2.05, 4.69) is 31.7 Å². The number of aryl methyl sites for hydroxylation is 1. The highest BCUT2D eigenvalue weighted by atomic mass is 79.9. The number of hydrogen-bond acceptors (Lipinski definition) is 5. The van der Waals surface area contributed by atoms with Gasteiger partial charge in [0.1, 0.15) is 6.04 Å². The fraction of sp³-hybridized carbons (Fsp3) is 0.375. The van der Waals surface area contributed by atoms with E-state index >= 15 is 0 Å². The summed E-state index contributed by atoms with van der Waals surface area (Å²) in [6.45, 7) is 0.371. The second-order valence-electron chi connectivity index (χ2n) is 5.20. The second-order valence-corrected chi connectivity index (χ2v) is 6.05. The summed E-state index contributed by atoms with van der Waals surface area (Å²) in [4.78, 5) is 12.4. The minimum atomic E-state index is -0.456. The number of carbonyl (C=O) groups excluding carboxylic acids is 1. The van der Waals surface area contributed by atoms with Crippen LogP contribution in [0.15, 0.2) is 29.0 Å². The summed E-state index contributed by atoms with van der Waals surface area (Å²) in [7, 11) is 6.71. The van der Waals surface area contributed by atoms with Gasteiger partial charge in [0, 0.05) is 25.4 Å². The van der Waals surface area contributed by atoms with Crippen LogP contribution >= 0.6 is 28.3 Å². The maximum atomic E-state index is 12.4. The van der Waals surface area contributed by atoms with Crippen LogP contribution in [0.1, 0.15) is 17.2 Å². The SMILES string of the molecule is CNC(C(=O)NCc1cc(Br)c(OC)c(OC)c1)c1cnn(C)c1.Cl. The Bertz CT molecular complexity index is 723. The van der Waals surface area contributed by atoms with Crippen LogP contribution in [0.4, 0.5) is 0 Å². The van der Waals surface area contributed by atoms with Crippen molar-refractivity contribution in [1.82, 2.24) is 20.4 Å². The summed E-state index contributed by atoms with van der Waals surface area (Å²) in [6.07, 6.45) is 3.49. The van der Waals surface area contributed by atoms with Crippen LogP contribution in [0.3, 0.4) is 0 Å². The minimum Gasteiger partial charge on any atom is -0.493 e. The number of halogens is 2. The molecule has 1 aromatic heterocycles. The van der Waals surface area contributed by atoms with E-state index in [1.54, 1.807) is 32.1 Å². The van der Waals surface area contributed by atoms with Gasteiger partial charge in [0.2, 0.25) is 5.91 Å². The van der Waals surface area contributed by atoms with E-state index in [1.165, 1.54) is 0 Å². The largest absolute Gasteiger partial charge is 0.493 e. The normalized spacial score (nSPS) is 11.4. The van der Waals surface area contributed by atoms with Gasteiger partial charge in [-0.1, -0.05) is 0 Å². The van der Waals surface area contributed by atoms with Gasteiger partial charge < -0.3 is 20.1 Å². The number of hydrogen-bond donors (Lipinski definition) is 2. The zero-order chi connectivity index (χ0) is 17.7. The first-order chi connectivity index (χ1) is 11.5. The Morgan fingerprint density at radius 3 is 2.60 bits per heavy atom. The average Bonchev–Trinajstić information content (AvgIpc) is 2.99. The van der Waals surface area contributed by atoms with Crippen molar-refractivity contribution < 1.29 is 14.3 Å². The number of carbonyl (C=O) groups is 1. The summed E-state index contributed by atoms with van der Waals surface area (Å²) in [5.74, 6) is 1.10. The van der Waals surface area contributed by atoms with Crippen LogP contribution in [-0.4, -0.2) is 37.0 Å². The first-order valence-electron chi connectivity index (χ1n) is 7.34. The molecule has 0 fully saturated rings. The Labute approximate surface area is 161 Å². The molecule has 0 saturated heterocycles. The molecule has 2 aromatic rings. The predicted molar refractivity (Wildman–Crippen MR) is 101 cm³/mol. The van der Waals surface area contributed by atoms with Crippen molar-refractivity contribution in [3.63, 3.8) is 0 Å². The molecule has 0 aliphatic heterocycles. The number of benzene rings is 1. The molecule has 1 heterocycles.